The monoisotopic (exact) mass is 371 g/mol. The zero-order valence-electron chi connectivity index (χ0n) is 13.1. The Bertz CT molecular complexity index is 643. The highest BCUT2D eigenvalue weighted by Gasteiger charge is 2.65. The predicted molar refractivity (Wildman–Crippen MR) is 84.5 cm³/mol. The van der Waals surface area contributed by atoms with Crippen molar-refractivity contribution < 1.29 is 23.8 Å². The fourth-order valence-corrected chi connectivity index (χ4v) is 5.39. The minimum atomic E-state index is -1.35. The van der Waals surface area contributed by atoms with Crippen LogP contribution in [0.5, 0.6) is 0 Å². The molecule has 130 valence electrons. The molecule has 0 aromatic carbocycles. The fourth-order valence-electron chi connectivity index (χ4n) is 3.76. The lowest BCUT2D eigenvalue weighted by atomic mass is 9.74. The van der Waals surface area contributed by atoms with Crippen LogP contribution in [0.1, 0.15) is 24.5 Å². The number of ether oxygens (including phenoxy) is 3. The van der Waals surface area contributed by atoms with Gasteiger partial charge in [0.25, 0.3) is 0 Å². The largest absolute Gasteiger partial charge is 0.421 e. The molecule has 1 aromatic heterocycles. The van der Waals surface area contributed by atoms with E-state index in [9.17, 15) is 9.59 Å². The van der Waals surface area contributed by atoms with Crippen molar-refractivity contribution in [2.75, 3.05) is 32.6 Å². The van der Waals surface area contributed by atoms with Gasteiger partial charge >= 0.3 is 17.8 Å². The second kappa shape index (κ2) is 6.25. The normalized spacial score (nSPS) is 30.6. The van der Waals surface area contributed by atoms with E-state index >= 15 is 0 Å². The first-order valence-corrected chi connectivity index (χ1v) is 9.53. The Morgan fingerprint density at radius 3 is 2.67 bits per heavy atom. The summed E-state index contributed by atoms with van der Waals surface area (Å²) in [5.74, 6) is -2.49. The van der Waals surface area contributed by atoms with Crippen molar-refractivity contribution in [3.63, 3.8) is 0 Å². The summed E-state index contributed by atoms with van der Waals surface area (Å²) >= 11 is 2.68. The van der Waals surface area contributed by atoms with E-state index in [-0.39, 0.29) is 11.8 Å². The van der Waals surface area contributed by atoms with Crippen LogP contribution >= 0.6 is 23.5 Å². The van der Waals surface area contributed by atoms with Crippen LogP contribution in [0.4, 0.5) is 0 Å². The lowest BCUT2D eigenvalue weighted by Gasteiger charge is -2.53. The Kier molecular flexibility index (Phi) is 4.23. The highest BCUT2D eigenvalue weighted by Crippen LogP contribution is 2.53. The van der Waals surface area contributed by atoms with Crippen LogP contribution in [0.25, 0.3) is 0 Å². The molecule has 4 aliphatic rings. The first-order valence-electron chi connectivity index (χ1n) is 7.81. The molecule has 4 aliphatic heterocycles. The van der Waals surface area contributed by atoms with E-state index in [1.54, 1.807) is 18.9 Å². The number of hydrogen-bond donors (Lipinski definition) is 0. The zero-order valence-corrected chi connectivity index (χ0v) is 14.7. The molecule has 4 saturated heterocycles. The molecule has 0 amide bonds. The van der Waals surface area contributed by atoms with E-state index in [2.05, 4.69) is 8.75 Å². The topological polar surface area (TPSA) is 90.9 Å². The Morgan fingerprint density at radius 1 is 1.29 bits per heavy atom. The summed E-state index contributed by atoms with van der Waals surface area (Å²) < 4.78 is 24.9. The van der Waals surface area contributed by atoms with Gasteiger partial charge in [0, 0.05) is 26.0 Å². The van der Waals surface area contributed by atoms with Crippen LogP contribution in [-0.4, -0.2) is 64.1 Å². The molecular formula is C14H17N3O5S2. The van der Waals surface area contributed by atoms with Crippen LogP contribution in [0, 0.1) is 5.92 Å². The number of thioether (sulfide) groups is 1. The number of piperidine rings is 3. The molecule has 1 unspecified atom stereocenters. The molecule has 1 spiro atoms. The van der Waals surface area contributed by atoms with Gasteiger partial charge in [0.05, 0.1) is 18.3 Å². The van der Waals surface area contributed by atoms with Gasteiger partial charge in [-0.1, -0.05) is 0 Å². The van der Waals surface area contributed by atoms with Crippen LogP contribution in [0.2, 0.25) is 0 Å². The Hall–Kier alpha value is -1.23. The molecule has 0 saturated carbocycles. The van der Waals surface area contributed by atoms with Crippen LogP contribution in [0.3, 0.4) is 0 Å². The molecule has 0 N–H and O–H groups in total. The maximum atomic E-state index is 11.8. The molecule has 0 radical (unpaired) electrons. The second-order valence-electron chi connectivity index (χ2n) is 6.01. The van der Waals surface area contributed by atoms with E-state index < -0.39 is 17.8 Å². The maximum absolute atomic E-state index is 11.8. The third kappa shape index (κ3) is 2.43. The number of methoxy groups -OCH3 is 1. The highest BCUT2D eigenvalue weighted by molar-refractivity contribution is 7.99. The van der Waals surface area contributed by atoms with E-state index in [1.807, 2.05) is 4.90 Å². The molecule has 10 heteroatoms. The Labute approximate surface area is 147 Å². The van der Waals surface area contributed by atoms with E-state index in [0.29, 0.717) is 6.61 Å². The van der Waals surface area contributed by atoms with Gasteiger partial charge in [-0.25, -0.2) is 14.5 Å². The summed E-state index contributed by atoms with van der Waals surface area (Å²) in [5, 5.41) is 0.800. The van der Waals surface area contributed by atoms with Crippen molar-refractivity contribution in [1.29, 1.82) is 0 Å². The Morgan fingerprint density at radius 2 is 2.00 bits per heavy atom. The summed E-state index contributed by atoms with van der Waals surface area (Å²) in [4.78, 5) is 25.5. The number of carbonyl (C=O) groups is 2. The SMILES string of the molecule is COCCSc1nsnc1C1C2CCN(CC2)C12OC(=O)C(=O)O2. The molecule has 5 rings (SSSR count). The summed E-state index contributed by atoms with van der Waals surface area (Å²) in [6.45, 7) is 2.09. The number of esters is 2. The van der Waals surface area contributed by atoms with Crippen LogP contribution in [0.15, 0.2) is 5.03 Å². The molecule has 1 atom stereocenters. The average molecular weight is 371 g/mol. The van der Waals surface area contributed by atoms with Gasteiger partial charge in [0.15, 0.2) is 0 Å². The number of rotatable bonds is 5. The van der Waals surface area contributed by atoms with E-state index in [1.165, 1.54) is 0 Å². The Balaban J connectivity index is 1.69. The summed E-state index contributed by atoms with van der Waals surface area (Å²) in [7, 11) is 1.65. The maximum Gasteiger partial charge on any atom is 0.421 e. The van der Waals surface area contributed by atoms with Crippen molar-refractivity contribution in [1.82, 2.24) is 13.6 Å². The third-order valence-corrected chi connectivity index (χ3v) is 6.39. The van der Waals surface area contributed by atoms with Gasteiger partial charge in [-0.15, -0.1) is 11.8 Å². The fraction of sp³-hybridized carbons (Fsp3) is 0.714. The minimum Gasteiger partial charge on any atom is -0.399 e. The van der Waals surface area contributed by atoms with Crippen molar-refractivity contribution in [2.45, 2.75) is 29.7 Å². The average Bonchev–Trinajstić information content (AvgIpc) is 3.14. The van der Waals surface area contributed by atoms with Gasteiger partial charge in [-0.05, 0) is 18.8 Å². The van der Waals surface area contributed by atoms with Crippen molar-refractivity contribution in [2.24, 2.45) is 5.92 Å². The molecule has 2 bridgehead atoms. The molecule has 4 fully saturated rings. The molecule has 0 aliphatic carbocycles. The molecule has 5 heterocycles. The quantitative estimate of drug-likeness (QED) is 0.323. The number of carbonyl (C=O) groups excluding carboxylic acids is 2. The lowest BCUT2D eigenvalue weighted by Crippen LogP contribution is -2.64. The van der Waals surface area contributed by atoms with Crippen molar-refractivity contribution in [3.8, 4) is 0 Å². The van der Waals surface area contributed by atoms with E-state index in [0.717, 1.165) is 54.1 Å². The van der Waals surface area contributed by atoms with Gasteiger partial charge in [0.1, 0.15) is 16.6 Å². The number of nitrogens with zero attached hydrogens (tertiary/aromatic N) is 3. The molecule has 1 aromatic rings. The minimum absolute atomic E-state index is 0.249. The predicted octanol–water partition coefficient (Wildman–Crippen LogP) is 0.840. The summed E-state index contributed by atoms with van der Waals surface area (Å²) in [6.07, 6.45) is 1.92. The lowest BCUT2D eigenvalue weighted by molar-refractivity contribution is -0.300. The van der Waals surface area contributed by atoms with Crippen molar-refractivity contribution in [3.05, 3.63) is 5.69 Å². The zero-order chi connectivity index (χ0) is 16.7. The smallest absolute Gasteiger partial charge is 0.399 e. The molecular weight excluding hydrogens is 354 g/mol. The van der Waals surface area contributed by atoms with Gasteiger partial charge < -0.3 is 14.2 Å². The standard InChI is InChI=1S/C14H17N3O5S2/c1-20-6-7-23-11-10(15-24-16-11)9-8-2-4-17(5-3-8)14(9)21-12(18)13(19)22-14/h8-9H,2-7H2,1H3. The first-order chi connectivity index (χ1) is 11.7. The van der Waals surface area contributed by atoms with E-state index in [4.69, 9.17) is 14.2 Å². The van der Waals surface area contributed by atoms with Crippen molar-refractivity contribution >= 4 is 35.4 Å². The molecule has 24 heavy (non-hydrogen) atoms. The van der Waals surface area contributed by atoms with Gasteiger partial charge in [-0.2, -0.15) is 8.75 Å². The summed E-state index contributed by atoms with van der Waals surface area (Å²) in [5.41, 5.74) is 0.762. The second-order valence-corrected chi connectivity index (χ2v) is 7.62. The van der Waals surface area contributed by atoms with Gasteiger partial charge in [0.2, 0.25) is 0 Å². The number of hydrogen-bond acceptors (Lipinski definition) is 10. The molecule has 8 nitrogen and oxygen atoms in total. The van der Waals surface area contributed by atoms with Gasteiger partial charge in [-0.3, -0.25) is 0 Å². The first kappa shape index (κ1) is 16.2. The van der Waals surface area contributed by atoms with Crippen LogP contribution in [-0.2, 0) is 23.8 Å². The third-order valence-electron chi connectivity index (χ3n) is 4.79. The number of aromatic nitrogens is 2. The highest BCUT2D eigenvalue weighted by atomic mass is 32.2. The number of fused-ring (bicyclic) bond motifs is 2. The van der Waals surface area contributed by atoms with Crippen LogP contribution < -0.4 is 0 Å². The summed E-state index contributed by atoms with van der Waals surface area (Å²) in [6, 6.07) is 0.